The van der Waals surface area contributed by atoms with E-state index in [0.717, 1.165) is 12.1 Å². The molecule has 0 saturated heterocycles. The van der Waals surface area contributed by atoms with Crippen LogP contribution in [-0.2, 0) is 6.54 Å². The second-order valence-electron chi connectivity index (χ2n) is 4.02. The van der Waals surface area contributed by atoms with Gasteiger partial charge in [-0.2, -0.15) is 5.10 Å². The maximum Gasteiger partial charge on any atom is 0.0538 e. The lowest BCUT2D eigenvalue weighted by molar-refractivity contribution is 0.575. The van der Waals surface area contributed by atoms with E-state index in [9.17, 15) is 0 Å². The standard InChI is InChI=1S/C14H17N3/c1-3-17-11-13(10-16-17)9-15-12(2)14-7-5-4-6-8-14/h3-8,10-12,15H,1,9H2,2H3. The second kappa shape index (κ2) is 5.46. The van der Waals surface area contributed by atoms with E-state index in [1.807, 2.05) is 18.5 Å². The molecule has 0 aliphatic heterocycles. The van der Waals surface area contributed by atoms with Gasteiger partial charge in [-0.15, -0.1) is 0 Å². The minimum absolute atomic E-state index is 0.336. The summed E-state index contributed by atoms with van der Waals surface area (Å²) in [6, 6.07) is 10.7. The maximum absolute atomic E-state index is 4.14. The summed E-state index contributed by atoms with van der Waals surface area (Å²) in [5.74, 6) is 0. The number of nitrogens with one attached hydrogen (secondary N) is 1. The fourth-order valence-electron chi connectivity index (χ4n) is 1.70. The van der Waals surface area contributed by atoms with Crippen molar-refractivity contribution in [1.29, 1.82) is 0 Å². The molecule has 2 aromatic rings. The fourth-order valence-corrected chi connectivity index (χ4v) is 1.70. The van der Waals surface area contributed by atoms with Crippen LogP contribution in [-0.4, -0.2) is 9.78 Å². The van der Waals surface area contributed by atoms with Gasteiger partial charge in [-0.05, 0) is 12.5 Å². The van der Waals surface area contributed by atoms with E-state index in [2.05, 4.69) is 48.2 Å². The topological polar surface area (TPSA) is 29.9 Å². The number of hydrogen-bond acceptors (Lipinski definition) is 2. The van der Waals surface area contributed by atoms with Crippen molar-refractivity contribution in [3.8, 4) is 0 Å². The van der Waals surface area contributed by atoms with Gasteiger partial charge in [0, 0.05) is 30.5 Å². The molecule has 0 aliphatic carbocycles. The molecule has 88 valence electrons. The Bertz CT molecular complexity index is 473. The number of nitrogens with zero attached hydrogens (tertiary/aromatic N) is 2. The van der Waals surface area contributed by atoms with Gasteiger partial charge in [0.25, 0.3) is 0 Å². The van der Waals surface area contributed by atoms with E-state index < -0.39 is 0 Å². The molecule has 1 aromatic heterocycles. The molecule has 17 heavy (non-hydrogen) atoms. The van der Waals surface area contributed by atoms with Crippen molar-refractivity contribution in [3.05, 3.63) is 60.4 Å². The lowest BCUT2D eigenvalue weighted by atomic mass is 10.1. The van der Waals surface area contributed by atoms with Gasteiger partial charge in [0.2, 0.25) is 0 Å². The van der Waals surface area contributed by atoms with Crippen molar-refractivity contribution in [1.82, 2.24) is 15.1 Å². The molecule has 0 radical (unpaired) electrons. The van der Waals surface area contributed by atoms with Gasteiger partial charge in [-0.25, -0.2) is 4.68 Å². The SMILES string of the molecule is C=Cn1cc(CNC(C)c2ccccc2)cn1. The molecule has 0 bridgehead atoms. The van der Waals surface area contributed by atoms with Crippen LogP contribution in [0.3, 0.4) is 0 Å². The lowest BCUT2D eigenvalue weighted by Crippen LogP contribution is -2.17. The highest BCUT2D eigenvalue weighted by Crippen LogP contribution is 2.11. The van der Waals surface area contributed by atoms with Crippen LogP contribution in [0.15, 0.2) is 49.3 Å². The molecule has 0 amide bonds. The minimum Gasteiger partial charge on any atom is -0.306 e. The van der Waals surface area contributed by atoms with Gasteiger partial charge in [-0.1, -0.05) is 36.9 Å². The Hall–Kier alpha value is -1.87. The highest BCUT2D eigenvalue weighted by Gasteiger charge is 2.04. The lowest BCUT2D eigenvalue weighted by Gasteiger charge is -2.13. The summed E-state index contributed by atoms with van der Waals surface area (Å²) in [6.07, 6.45) is 5.51. The third-order valence-corrected chi connectivity index (χ3v) is 2.75. The molecule has 0 aliphatic rings. The van der Waals surface area contributed by atoms with Crippen molar-refractivity contribution in [2.75, 3.05) is 0 Å². The molecule has 1 N–H and O–H groups in total. The largest absolute Gasteiger partial charge is 0.306 e. The van der Waals surface area contributed by atoms with Gasteiger partial charge < -0.3 is 5.32 Å². The van der Waals surface area contributed by atoms with Crippen LogP contribution in [0.5, 0.6) is 0 Å². The van der Waals surface area contributed by atoms with Gasteiger partial charge in [0.1, 0.15) is 0 Å². The van der Waals surface area contributed by atoms with Crippen molar-refractivity contribution in [2.24, 2.45) is 0 Å². The van der Waals surface area contributed by atoms with E-state index in [0.29, 0.717) is 6.04 Å². The molecule has 1 heterocycles. The Morgan fingerprint density at radius 3 is 2.82 bits per heavy atom. The van der Waals surface area contributed by atoms with Gasteiger partial charge >= 0.3 is 0 Å². The molecule has 3 heteroatoms. The van der Waals surface area contributed by atoms with E-state index in [1.165, 1.54) is 5.56 Å². The van der Waals surface area contributed by atoms with Crippen molar-refractivity contribution in [2.45, 2.75) is 19.5 Å². The zero-order valence-electron chi connectivity index (χ0n) is 10.0. The Kier molecular flexibility index (Phi) is 3.73. The zero-order chi connectivity index (χ0) is 12.1. The molecule has 1 aromatic carbocycles. The van der Waals surface area contributed by atoms with Crippen molar-refractivity contribution < 1.29 is 0 Å². The van der Waals surface area contributed by atoms with E-state index in [1.54, 1.807) is 10.9 Å². The average Bonchev–Trinajstić information content (AvgIpc) is 2.85. The molecule has 2 rings (SSSR count). The third-order valence-electron chi connectivity index (χ3n) is 2.75. The van der Waals surface area contributed by atoms with Crippen LogP contribution >= 0.6 is 0 Å². The van der Waals surface area contributed by atoms with Crippen molar-refractivity contribution in [3.63, 3.8) is 0 Å². The maximum atomic E-state index is 4.14. The van der Waals surface area contributed by atoms with E-state index in [4.69, 9.17) is 0 Å². The molecule has 0 spiro atoms. The third kappa shape index (κ3) is 3.04. The molecule has 0 saturated carbocycles. The Balaban J connectivity index is 1.92. The molecular formula is C14H17N3. The van der Waals surface area contributed by atoms with E-state index >= 15 is 0 Å². The summed E-state index contributed by atoms with van der Waals surface area (Å²) in [6.45, 7) is 6.64. The van der Waals surface area contributed by atoms with Crippen LogP contribution in [0, 0.1) is 0 Å². The number of benzene rings is 1. The Labute approximate surface area is 102 Å². The van der Waals surface area contributed by atoms with Gasteiger partial charge in [0.05, 0.1) is 6.20 Å². The average molecular weight is 227 g/mol. The summed E-state index contributed by atoms with van der Waals surface area (Å²) in [5.41, 5.74) is 2.45. The predicted molar refractivity (Wildman–Crippen MR) is 70.3 cm³/mol. The quantitative estimate of drug-likeness (QED) is 0.851. The van der Waals surface area contributed by atoms with Gasteiger partial charge in [0.15, 0.2) is 0 Å². The first kappa shape index (κ1) is 11.6. The van der Waals surface area contributed by atoms with Crippen LogP contribution in [0.25, 0.3) is 6.20 Å². The van der Waals surface area contributed by atoms with Crippen LogP contribution < -0.4 is 5.32 Å². The first-order valence-electron chi connectivity index (χ1n) is 5.73. The monoisotopic (exact) mass is 227 g/mol. The number of rotatable bonds is 5. The smallest absolute Gasteiger partial charge is 0.0538 e. The molecule has 0 fully saturated rings. The first-order chi connectivity index (χ1) is 8.29. The van der Waals surface area contributed by atoms with Crippen LogP contribution in [0.1, 0.15) is 24.1 Å². The highest BCUT2D eigenvalue weighted by atomic mass is 15.2. The summed E-state index contributed by atoms with van der Waals surface area (Å²) in [4.78, 5) is 0. The van der Waals surface area contributed by atoms with E-state index in [-0.39, 0.29) is 0 Å². The first-order valence-corrected chi connectivity index (χ1v) is 5.73. The minimum atomic E-state index is 0.336. The molecular weight excluding hydrogens is 210 g/mol. The number of aromatic nitrogens is 2. The Morgan fingerprint density at radius 2 is 2.18 bits per heavy atom. The van der Waals surface area contributed by atoms with Gasteiger partial charge in [-0.3, -0.25) is 0 Å². The predicted octanol–water partition coefficient (Wildman–Crippen LogP) is 2.83. The van der Waals surface area contributed by atoms with Crippen LogP contribution in [0.2, 0.25) is 0 Å². The number of hydrogen-bond donors (Lipinski definition) is 1. The molecule has 1 unspecified atom stereocenters. The summed E-state index contributed by atoms with van der Waals surface area (Å²) in [5, 5.41) is 7.61. The molecule has 3 nitrogen and oxygen atoms in total. The van der Waals surface area contributed by atoms with Crippen LogP contribution in [0.4, 0.5) is 0 Å². The zero-order valence-corrected chi connectivity index (χ0v) is 10.0. The fraction of sp³-hybridized carbons (Fsp3) is 0.214. The Morgan fingerprint density at radius 1 is 1.41 bits per heavy atom. The second-order valence-corrected chi connectivity index (χ2v) is 4.02. The van der Waals surface area contributed by atoms with Crippen molar-refractivity contribution >= 4 is 6.20 Å². The molecule has 1 atom stereocenters. The summed E-state index contributed by atoms with van der Waals surface area (Å²) in [7, 11) is 0. The summed E-state index contributed by atoms with van der Waals surface area (Å²) < 4.78 is 1.71. The normalized spacial score (nSPS) is 12.3. The highest BCUT2D eigenvalue weighted by molar-refractivity contribution is 5.20. The summed E-state index contributed by atoms with van der Waals surface area (Å²) >= 11 is 0.